The lowest BCUT2D eigenvalue weighted by molar-refractivity contribution is 0.0620. The zero-order valence-corrected chi connectivity index (χ0v) is 16.0. The van der Waals surface area contributed by atoms with Crippen LogP contribution in [0.2, 0.25) is 0 Å². The van der Waals surface area contributed by atoms with Gasteiger partial charge < -0.3 is 9.80 Å². The summed E-state index contributed by atoms with van der Waals surface area (Å²) in [7, 11) is 0. The number of nitrogens with zero attached hydrogens (tertiary/aromatic N) is 6. The Kier molecular flexibility index (Phi) is 5.28. The summed E-state index contributed by atoms with van der Waals surface area (Å²) in [6.45, 7) is 3.09. The first-order valence-electron chi connectivity index (χ1n) is 9.43. The van der Waals surface area contributed by atoms with Gasteiger partial charge >= 0.3 is 0 Å². The summed E-state index contributed by atoms with van der Waals surface area (Å²) in [6, 6.07) is 8.65. The molecule has 3 aromatic rings. The largest absolute Gasteiger partial charge is 0.335 e. The number of aromatic amines is 1. The normalized spacial score (nSPS) is 17.1. The maximum absolute atomic E-state index is 13.2. The smallest absolute Gasteiger partial charge is 0.274 e. The van der Waals surface area contributed by atoms with Crippen LogP contribution in [0.4, 0.5) is 0 Å². The second kappa shape index (κ2) is 8.17. The van der Waals surface area contributed by atoms with Gasteiger partial charge in [-0.25, -0.2) is 9.97 Å². The maximum Gasteiger partial charge on any atom is 0.274 e. The number of H-pyrrole nitrogens is 1. The molecule has 2 amide bonds. The third-order valence-electron chi connectivity index (χ3n) is 4.86. The highest BCUT2D eigenvalue weighted by Gasteiger charge is 2.34. The van der Waals surface area contributed by atoms with Crippen LogP contribution in [0.5, 0.6) is 0 Å². The molecule has 1 aliphatic rings. The lowest BCUT2D eigenvalue weighted by atomic mass is 10.1. The fraction of sp³-hybridized carbons (Fsp3) is 0.300. The predicted octanol–water partition coefficient (Wildman–Crippen LogP) is 1.63. The van der Waals surface area contributed by atoms with Gasteiger partial charge in [0, 0.05) is 37.6 Å². The zero-order valence-electron chi connectivity index (χ0n) is 16.0. The molecule has 4 rings (SSSR count). The van der Waals surface area contributed by atoms with E-state index in [1.807, 2.05) is 18.2 Å². The van der Waals surface area contributed by atoms with Crippen molar-refractivity contribution in [1.29, 1.82) is 0 Å². The lowest BCUT2D eigenvalue weighted by Gasteiger charge is -2.30. The third-order valence-corrected chi connectivity index (χ3v) is 4.86. The van der Waals surface area contributed by atoms with Gasteiger partial charge in [-0.2, -0.15) is 5.10 Å². The Balaban J connectivity index is 1.66. The van der Waals surface area contributed by atoms with E-state index in [0.29, 0.717) is 36.7 Å². The molecule has 1 fully saturated rings. The van der Waals surface area contributed by atoms with Crippen molar-refractivity contribution in [2.45, 2.75) is 19.4 Å². The molecular formula is C20H21N7O2. The van der Waals surface area contributed by atoms with Crippen LogP contribution in [-0.2, 0) is 0 Å². The summed E-state index contributed by atoms with van der Waals surface area (Å²) in [5.41, 5.74) is 0.874. The summed E-state index contributed by atoms with van der Waals surface area (Å²) in [5.74, 6) is 0.824. The molecule has 2 aromatic heterocycles. The van der Waals surface area contributed by atoms with Crippen LogP contribution < -0.4 is 0 Å². The van der Waals surface area contributed by atoms with Crippen LogP contribution in [0.15, 0.2) is 48.9 Å². The second-order valence-corrected chi connectivity index (χ2v) is 6.85. The first-order valence-corrected chi connectivity index (χ1v) is 9.43. The third kappa shape index (κ3) is 3.98. The van der Waals surface area contributed by atoms with Gasteiger partial charge in [0.2, 0.25) is 0 Å². The SMILES string of the molecule is Cc1nc(C2CN(C(=O)c3cnccn3)CCCN2C(=O)c2ccccc2)n[nH]1. The van der Waals surface area contributed by atoms with Crippen molar-refractivity contribution in [3.05, 3.63) is 71.8 Å². The standard InChI is InChI=1S/C20H21N7O2/c1-14-23-18(25-24-14)17-13-26(20(29)16-12-21-8-9-22-16)10-5-11-27(17)19(28)15-6-3-2-4-7-15/h2-4,6-9,12,17H,5,10-11,13H2,1H3,(H,23,24,25). The molecule has 1 aromatic carbocycles. The molecule has 0 aliphatic carbocycles. The quantitative estimate of drug-likeness (QED) is 0.727. The van der Waals surface area contributed by atoms with E-state index in [4.69, 9.17) is 0 Å². The second-order valence-electron chi connectivity index (χ2n) is 6.85. The Bertz CT molecular complexity index is 990. The lowest BCUT2D eigenvalue weighted by Crippen LogP contribution is -2.41. The number of amides is 2. The molecule has 9 nitrogen and oxygen atoms in total. The Hall–Kier alpha value is -3.62. The Labute approximate surface area is 167 Å². The van der Waals surface area contributed by atoms with Crippen LogP contribution in [-0.4, -0.2) is 66.4 Å². The molecule has 9 heteroatoms. The number of benzene rings is 1. The van der Waals surface area contributed by atoms with Crippen molar-refractivity contribution in [3.63, 3.8) is 0 Å². The van der Waals surface area contributed by atoms with Crippen LogP contribution in [0, 0.1) is 6.92 Å². The van der Waals surface area contributed by atoms with Crippen LogP contribution in [0.3, 0.4) is 0 Å². The van der Waals surface area contributed by atoms with E-state index in [9.17, 15) is 9.59 Å². The Morgan fingerprint density at radius 3 is 2.62 bits per heavy atom. The molecule has 148 valence electrons. The van der Waals surface area contributed by atoms with Crippen molar-refractivity contribution >= 4 is 11.8 Å². The topological polar surface area (TPSA) is 108 Å². The van der Waals surface area contributed by atoms with E-state index in [1.165, 1.54) is 18.6 Å². The van der Waals surface area contributed by atoms with Gasteiger partial charge in [-0.1, -0.05) is 18.2 Å². The average molecular weight is 391 g/mol. The fourth-order valence-electron chi connectivity index (χ4n) is 3.46. The summed E-state index contributed by atoms with van der Waals surface area (Å²) in [5, 5.41) is 7.11. The Morgan fingerprint density at radius 2 is 1.93 bits per heavy atom. The summed E-state index contributed by atoms with van der Waals surface area (Å²) < 4.78 is 0. The first kappa shape index (κ1) is 18.7. The molecule has 1 aliphatic heterocycles. The van der Waals surface area contributed by atoms with Crippen molar-refractivity contribution in [2.24, 2.45) is 0 Å². The number of hydrogen-bond acceptors (Lipinski definition) is 6. The van der Waals surface area contributed by atoms with Crippen molar-refractivity contribution in [1.82, 2.24) is 34.9 Å². The zero-order chi connectivity index (χ0) is 20.2. The van der Waals surface area contributed by atoms with Crippen LogP contribution in [0.1, 0.15) is 45.0 Å². The molecule has 0 saturated carbocycles. The van der Waals surface area contributed by atoms with E-state index in [1.54, 1.807) is 28.9 Å². The van der Waals surface area contributed by atoms with Crippen molar-refractivity contribution < 1.29 is 9.59 Å². The minimum atomic E-state index is -0.462. The number of rotatable bonds is 3. The number of nitrogens with one attached hydrogen (secondary N) is 1. The molecule has 1 atom stereocenters. The molecule has 1 N–H and O–H groups in total. The molecule has 1 saturated heterocycles. The maximum atomic E-state index is 13.2. The van der Waals surface area contributed by atoms with E-state index < -0.39 is 6.04 Å². The van der Waals surface area contributed by atoms with E-state index in [2.05, 4.69) is 25.1 Å². The number of carbonyl (C=O) groups excluding carboxylic acids is 2. The molecule has 29 heavy (non-hydrogen) atoms. The molecule has 3 heterocycles. The van der Waals surface area contributed by atoms with Gasteiger partial charge in [0.1, 0.15) is 17.6 Å². The summed E-state index contributed by atoms with van der Waals surface area (Å²) in [6.07, 6.45) is 5.11. The van der Waals surface area contributed by atoms with Gasteiger partial charge in [0.25, 0.3) is 11.8 Å². The Morgan fingerprint density at radius 1 is 1.10 bits per heavy atom. The van der Waals surface area contributed by atoms with E-state index in [0.717, 1.165) is 0 Å². The number of aryl methyl sites for hydroxylation is 1. The number of hydrogen-bond donors (Lipinski definition) is 1. The minimum Gasteiger partial charge on any atom is -0.335 e. The highest BCUT2D eigenvalue weighted by atomic mass is 16.2. The van der Waals surface area contributed by atoms with E-state index in [-0.39, 0.29) is 24.1 Å². The monoisotopic (exact) mass is 391 g/mol. The molecule has 0 radical (unpaired) electrons. The fourth-order valence-corrected chi connectivity index (χ4v) is 3.46. The van der Waals surface area contributed by atoms with Gasteiger partial charge in [-0.15, -0.1) is 0 Å². The number of carbonyl (C=O) groups is 2. The van der Waals surface area contributed by atoms with Gasteiger partial charge in [-0.3, -0.25) is 19.7 Å². The van der Waals surface area contributed by atoms with Gasteiger partial charge in [0.15, 0.2) is 5.82 Å². The number of aromatic nitrogens is 5. The van der Waals surface area contributed by atoms with Crippen molar-refractivity contribution in [2.75, 3.05) is 19.6 Å². The highest BCUT2D eigenvalue weighted by molar-refractivity contribution is 5.95. The van der Waals surface area contributed by atoms with Gasteiger partial charge in [-0.05, 0) is 25.5 Å². The average Bonchev–Trinajstić information content (AvgIpc) is 3.07. The molecule has 0 spiro atoms. The van der Waals surface area contributed by atoms with Crippen LogP contribution >= 0.6 is 0 Å². The molecular weight excluding hydrogens is 370 g/mol. The van der Waals surface area contributed by atoms with Crippen molar-refractivity contribution in [3.8, 4) is 0 Å². The highest BCUT2D eigenvalue weighted by Crippen LogP contribution is 2.25. The molecule has 0 bridgehead atoms. The van der Waals surface area contributed by atoms with Crippen LogP contribution in [0.25, 0.3) is 0 Å². The summed E-state index contributed by atoms with van der Waals surface area (Å²) in [4.78, 5) is 42.2. The minimum absolute atomic E-state index is 0.105. The summed E-state index contributed by atoms with van der Waals surface area (Å²) >= 11 is 0. The predicted molar refractivity (Wildman–Crippen MR) is 104 cm³/mol. The molecule has 1 unspecified atom stereocenters. The van der Waals surface area contributed by atoms with Gasteiger partial charge in [0.05, 0.1) is 6.20 Å². The van der Waals surface area contributed by atoms with E-state index >= 15 is 0 Å². The first-order chi connectivity index (χ1) is 14.1.